The number of morpholine rings is 1. The second-order valence-electron chi connectivity index (χ2n) is 5.13. The van der Waals surface area contributed by atoms with Crippen molar-refractivity contribution in [2.24, 2.45) is 0 Å². The Hall–Kier alpha value is -2.00. The lowest BCUT2D eigenvalue weighted by Gasteiger charge is -2.26. The van der Waals surface area contributed by atoms with Gasteiger partial charge in [-0.2, -0.15) is 5.10 Å². The molecule has 0 radical (unpaired) electrons. The highest BCUT2D eigenvalue weighted by molar-refractivity contribution is 5.75. The van der Waals surface area contributed by atoms with Crippen LogP contribution in [0.5, 0.6) is 0 Å². The van der Waals surface area contributed by atoms with Gasteiger partial charge in [0.2, 0.25) is 5.91 Å². The second kappa shape index (κ2) is 8.44. The number of aromatic nitrogens is 2. The molecule has 9 heteroatoms. The molecule has 0 unspecified atom stereocenters. The number of amides is 1. The molecule has 9 nitrogen and oxygen atoms in total. The Morgan fingerprint density at radius 1 is 1.41 bits per heavy atom. The molecule has 1 aromatic rings. The number of ether oxygens (including phenoxy) is 1. The summed E-state index contributed by atoms with van der Waals surface area (Å²) < 4.78 is 6.68. The summed E-state index contributed by atoms with van der Waals surface area (Å²) in [5, 5.41) is 17.2. The Morgan fingerprint density at radius 2 is 2.18 bits per heavy atom. The molecule has 1 aromatic heterocycles. The van der Waals surface area contributed by atoms with Crippen molar-refractivity contribution in [1.29, 1.82) is 0 Å². The number of hydrogen-bond donors (Lipinski definition) is 1. The van der Waals surface area contributed by atoms with Gasteiger partial charge in [-0.15, -0.1) is 0 Å². The topological polar surface area (TPSA) is 103 Å². The minimum absolute atomic E-state index is 0.0640. The van der Waals surface area contributed by atoms with E-state index in [0.717, 1.165) is 39.3 Å². The lowest BCUT2D eigenvalue weighted by Crippen LogP contribution is -2.38. The van der Waals surface area contributed by atoms with E-state index >= 15 is 0 Å². The fourth-order valence-electron chi connectivity index (χ4n) is 2.23. The van der Waals surface area contributed by atoms with Gasteiger partial charge in [0.25, 0.3) is 0 Å². The van der Waals surface area contributed by atoms with Gasteiger partial charge < -0.3 is 10.1 Å². The van der Waals surface area contributed by atoms with Crippen LogP contribution < -0.4 is 5.32 Å². The van der Waals surface area contributed by atoms with E-state index in [1.165, 1.54) is 17.1 Å². The predicted octanol–water partition coefficient (Wildman–Crippen LogP) is 0.0199. The van der Waals surface area contributed by atoms with E-state index in [0.29, 0.717) is 13.1 Å². The van der Waals surface area contributed by atoms with Crippen molar-refractivity contribution in [3.8, 4) is 0 Å². The number of nitrogens with zero attached hydrogens (tertiary/aromatic N) is 4. The number of nitro groups is 1. The third kappa shape index (κ3) is 5.41. The average Bonchev–Trinajstić information content (AvgIpc) is 3.00. The summed E-state index contributed by atoms with van der Waals surface area (Å²) >= 11 is 0. The number of hydrogen-bond acceptors (Lipinski definition) is 6. The van der Waals surface area contributed by atoms with Gasteiger partial charge in [0.1, 0.15) is 12.4 Å². The zero-order valence-electron chi connectivity index (χ0n) is 12.4. The van der Waals surface area contributed by atoms with E-state index in [4.69, 9.17) is 4.74 Å². The van der Waals surface area contributed by atoms with Crippen LogP contribution in [0, 0.1) is 10.1 Å². The molecular formula is C13H21N5O4. The van der Waals surface area contributed by atoms with E-state index in [1.807, 2.05) is 0 Å². The number of nitrogens with one attached hydrogen (secondary N) is 1. The first-order chi connectivity index (χ1) is 10.6. The van der Waals surface area contributed by atoms with Gasteiger partial charge in [-0.3, -0.25) is 24.5 Å². The van der Waals surface area contributed by atoms with Crippen LogP contribution in [0.1, 0.15) is 12.8 Å². The van der Waals surface area contributed by atoms with Crippen molar-refractivity contribution in [1.82, 2.24) is 20.0 Å². The summed E-state index contributed by atoms with van der Waals surface area (Å²) in [6.45, 7) is 5.39. The fourth-order valence-corrected chi connectivity index (χ4v) is 2.23. The Bertz CT molecular complexity index is 498. The molecule has 1 fully saturated rings. The summed E-state index contributed by atoms with van der Waals surface area (Å²) in [5.74, 6) is -0.0693. The van der Waals surface area contributed by atoms with Gasteiger partial charge in [-0.1, -0.05) is 0 Å². The summed E-state index contributed by atoms with van der Waals surface area (Å²) in [4.78, 5) is 24.0. The SMILES string of the molecule is O=C(CCn1cc([N+](=O)[O-])cn1)NCCCN1CCOCC1. The summed E-state index contributed by atoms with van der Waals surface area (Å²) in [6.07, 6.45) is 3.67. The molecule has 1 amide bonds. The van der Waals surface area contributed by atoms with E-state index < -0.39 is 4.92 Å². The number of carbonyl (C=O) groups is 1. The minimum atomic E-state index is -0.505. The summed E-state index contributed by atoms with van der Waals surface area (Å²) in [6, 6.07) is 0. The van der Waals surface area contributed by atoms with Crippen LogP contribution >= 0.6 is 0 Å². The van der Waals surface area contributed by atoms with Crippen LogP contribution in [0.2, 0.25) is 0 Å². The van der Waals surface area contributed by atoms with Gasteiger partial charge >= 0.3 is 5.69 Å². The van der Waals surface area contributed by atoms with Crippen molar-refractivity contribution < 1.29 is 14.5 Å². The molecule has 122 valence electrons. The fraction of sp³-hybridized carbons (Fsp3) is 0.692. The lowest BCUT2D eigenvalue weighted by atomic mass is 10.3. The second-order valence-corrected chi connectivity index (χ2v) is 5.13. The zero-order valence-corrected chi connectivity index (χ0v) is 12.4. The largest absolute Gasteiger partial charge is 0.379 e. The van der Waals surface area contributed by atoms with E-state index in [1.54, 1.807) is 0 Å². The highest BCUT2D eigenvalue weighted by atomic mass is 16.6. The lowest BCUT2D eigenvalue weighted by molar-refractivity contribution is -0.385. The molecule has 0 saturated carbocycles. The van der Waals surface area contributed by atoms with E-state index in [2.05, 4.69) is 15.3 Å². The molecule has 0 aromatic carbocycles. The average molecular weight is 311 g/mol. The maximum atomic E-state index is 11.7. The molecule has 0 aliphatic carbocycles. The van der Waals surface area contributed by atoms with Crippen molar-refractivity contribution in [2.75, 3.05) is 39.4 Å². The standard InChI is InChI=1S/C13H21N5O4/c19-13(2-5-17-11-12(10-15-17)18(20)21)14-3-1-4-16-6-8-22-9-7-16/h10-11H,1-9H2,(H,14,19). The van der Waals surface area contributed by atoms with E-state index in [9.17, 15) is 14.9 Å². The molecule has 0 atom stereocenters. The summed E-state index contributed by atoms with van der Waals surface area (Å²) in [5.41, 5.74) is -0.0640. The monoisotopic (exact) mass is 311 g/mol. The molecular weight excluding hydrogens is 290 g/mol. The van der Waals surface area contributed by atoms with Crippen LogP contribution in [0.4, 0.5) is 5.69 Å². The zero-order chi connectivity index (χ0) is 15.8. The smallest absolute Gasteiger partial charge is 0.306 e. The van der Waals surface area contributed by atoms with Gasteiger partial charge in [-0.05, 0) is 13.0 Å². The van der Waals surface area contributed by atoms with Crippen LogP contribution in [0.15, 0.2) is 12.4 Å². The molecule has 22 heavy (non-hydrogen) atoms. The molecule has 1 aliphatic rings. The molecule has 2 heterocycles. The molecule has 2 rings (SSSR count). The quantitative estimate of drug-likeness (QED) is 0.412. The molecule has 1 N–H and O–H groups in total. The van der Waals surface area contributed by atoms with Crippen LogP contribution in [0.3, 0.4) is 0 Å². The number of carbonyl (C=O) groups excluding carboxylic acids is 1. The Labute approximate surface area is 128 Å². The Balaban J connectivity index is 1.56. The van der Waals surface area contributed by atoms with Crippen LogP contribution in [-0.2, 0) is 16.1 Å². The van der Waals surface area contributed by atoms with Gasteiger partial charge in [-0.25, -0.2) is 0 Å². The maximum Gasteiger partial charge on any atom is 0.306 e. The van der Waals surface area contributed by atoms with Crippen LogP contribution in [0.25, 0.3) is 0 Å². The first kappa shape index (κ1) is 16.4. The van der Waals surface area contributed by atoms with Crippen molar-refractivity contribution >= 4 is 11.6 Å². The van der Waals surface area contributed by atoms with Crippen molar-refractivity contribution in [2.45, 2.75) is 19.4 Å². The summed E-state index contributed by atoms with van der Waals surface area (Å²) in [7, 11) is 0. The van der Waals surface area contributed by atoms with Crippen molar-refractivity contribution in [3.05, 3.63) is 22.5 Å². The third-order valence-corrected chi connectivity index (χ3v) is 3.48. The Morgan fingerprint density at radius 3 is 2.86 bits per heavy atom. The van der Waals surface area contributed by atoms with Crippen molar-refractivity contribution in [3.63, 3.8) is 0 Å². The highest BCUT2D eigenvalue weighted by Gasteiger charge is 2.11. The molecule has 0 bridgehead atoms. The van der Waals surface area contributed by atoms with Gasteiger partial charge in [0.05, 0.1) is 18.1 Å². The van der Waals surface area contributed by atoms with Gasteiger partial charge in [0, 0.05) is 32.6 Å². The predicted molar refractivity (Wildman–Crippen MR) is 78.4 cm³/mol. The molecule has 0 spiro atoms. The maximum absolute atomic E-state index is 11.7. The van der Waals surface area contributed by atoms with Gasteiger partial charge in [0.15, 0.2) is 0 Å². The normalized spacial score (nSPS) is 15.6. The third-order valence-electron chi connectivity index (χ3n) is 3.48. The van der Waals surface area contributed by atoms with Crippen LogP contribution in [-0.4, -0.2) is 64.9 Å². The van der Waals surface area contributed by atoms with E-state index in [-0.39, 0.29) is 18.0 Å². The minimum Gasteiger partial charge on any atom is -0.379 e. The highest BCUT2D eigenvalue weighted by Crippen LogP contribution is 2.07. The number of aryl methyl sites for hydroxylation is 1. The molecule has 1 aliphatic heterocycles. The number of rotatable bonds is 8. The Kier molecular flexibility index (Phi) is 6.28. The first-order valence-electron chi connectivity index (χ1n) is 7.39. The first-order valence-corrected chi connectivity index (χ1v) is 7.39. The molecule has 1 saturated heterocycles.